The van der Waals surface area contributed by atoms with Crippen LogP contribution in [-0.4, -0.2) is 52.4 Å². The summed E-state index contributed by atoms with van der Waals surface area (Å²) in [6.45, 7) is 3.86. The molecule has 0 radical (unpaired) electrons. The number of carbonyl (C=O) groups is 1. The monoisotopic (exact) mass is 421 g/mol. The van der Waals surface area contributed by atoms with Crippen molar-refractivity contribution < 1.29 is 9.53 Å². The highest BCUT2D eigenvalue weighted by atomic mass is 32.2. The summed E-state index contributed by atoms with van der Waals surface area (Å²) < 4.78 is 6.91. The topological polar surface area (TPSA) is 64.4 Å². The van der Waals surface area contributed by atoms with Gasteiger partial charge in [-0.3, -0.25) is 14.2 Å². The van der Waals surface area contributed by atoms with Gasteiger partial charge in [0.25, 0.3) is 5.56 Å². The Morgan fingerprint density at radius 3 is 2.96 bits per heavy atom. The third kappa shape index (κ3) is 3.74. The minimum Gasteiger partial charge on any atom is -0.383 e. The van der Waals surface area contributed by atoms with Crippen molar-refractivity contribution in [3.05, 3.63) is 20.8 Å². The Kier molecular flexibility index (Phi) is 6.08. The minimum atomic E-state index is 0.0164. The molecule has 2 aliphatic rings. The molecule has 1 atom stereocenters. The predicted octanol–water partition coefficient (Wildman–Crippen LogP) is 3.09. The van der Waals surface area contributed by atoms with Crippen molar-refractivity contribution in [2.24, 2.45) is 0 Å². The van der Waals surface area contributed by atoms with Crippen molar-refractivity contribution in [1.29, 1.82) is 0 Å². The van der Waals surface area contributed by atoms with E-state index in [0.29, 0.717) is 30.1 Å². The van der Waals surface area contributed by atoms with E-state index in [1.165, 1.54) is 28.6 Å². The highest BCUT2D eigenvalue weighted by Crippen LogP contribution is 2.35. The molecule has 1 aliphatic carbocycles. The molecule has 0 bridgehead atoms. The number of thiophene rings is 1. The summed E-state index contributed by atoms with van der Waals surface area (Å²) in [4.78, 5) is 34.9. The number of nitrogens with zero attached hydrogens (tertiary/aromatic N) is 3. The van der Waals surface area contributed by atoms with Crippen LogP contribution < -0.4 is 5.56 Å². The van der Waals surface area contributed by atoms with Gasteiger partial charge >= 0.3 is 0 Å². The maximum Gasteiger partial charge on any atom is 0.263 e. The van der Waals surface area contributed by atoms with Crippen LogP contribution in [0.2, 0.25) is 0 Å². The Labute approximate surface area is 173 Å². The van der Waals surface area contributed by atoms with Crippen LogP contribution in [0.1, 0.15) is 43.0 Å². The zero-order valence-electron chi connectivity index (χ0n) is 16.5. The van der Waals surface area contributed by atoms with E-state index in [4.69, 9.17) is 9.72 Å². The molecule has 152 valence electrons. The summed E-state index contributed by atoms with van der Waals surface area (Å²) >= 11 is 3.03. The van der Waals surface area contributed by atoms with Crippen LogP contribution in [-0.2, 0) is 28.9 Å². The van der Waals surface area contributed by atoms with Gasteiger partial charge < -0.3 is 9.64 Å². The second-order valence-electron chi connectivity index (χ2n) is 7.60. The standard InChI is InChI=1S/C20H27N3O3S2/c1-13-6-3-4-9-22(13)16(24)12-27-20-21-18-17(14-7-5-8-15(14)28-18)19(25)23(20)10-11-26-2/h13H,3-12H2,1-2H3. The molecule has 3 heterocycles. The van der Waals surface area contributed by atoms with Gasteiger partial charge in [-0.15, -0.1) is 11.3 Å². The van der Waals surface area contributed by atoms with E-state index in [2.05, 4.69) is 6.92 Å². The molecule has 1 unspecified atom stereocenters. The lowest BCUT2D eigenvalue weighted by atomic mass is 10.0. The molecule has 1 saturated heterocycles. The van der Waals surface area contributed by atoms with Gasteiger partial charge in [-0.1, -0.05) is 11.8 Å². The van der Waals surface area contributed by atoms with Crippen molar-refractivity contribution in [2.75, 3.05) is 26.0 Å². The zero-order valence-corrected chi connectivity index (χ0v) is 18.2. The van der Waals surface area contributed by atoms with Crippen LogP contribution >= 0.6 is 23.1 Å². The summed E-state index contributed by atoms with van der Waals surface area (Å²) in [6, 6.07) is 0.299. The minimum absolute atomic E-state index is 0.0164. The number of methoxy groups -OCH3 is 1. The van der Waals surface area contributed by atoms with Gasteiger partial charge in [0.2, 0.25) is 5.91 Å². The molecule has 0 aromatic carbocycles. The molecule has 1 fully saturated rings. The molecular weight excluding hydrogens is 394 g/mol. The molecule has 2 aromatic rings. The van der Waals surface area contributed by atoms with Crippen LogP contribution in [0, 0.1) is 0 Å². The van der Waals surface area contributed by atoms with Gasteiger partial charge in [-0.05, 0) is 51.0 Å². The normalized spacial score (nSPS) is 19.4. The largest absolute Gasteiger partial charge is 0.383 e. The number of thioether (sulfide) groups is 1. The van der Waals surface area contributed by atoms with E-state index >= 15 is 0 Å². The molecular formula is C20H27N3O3S2. The van der Waals surface area contributed by atoms with Crippen LogP contribution in [0.4, 0.5) is 0 Å². The number of likely N-dealkylation sites (tertiary alicyclic amines) is 1. The average Bonchev–Trinajstić information content (AvgIpc) is 3.26. The Morgan fingerprint density at radius 2 is 2.18 bits per heavy atom. The van der Waals surface area contributed by atoms with Crippen LogP contribution in [0.3, 0.4) is 0 Å². The third-order valence-electron chi connectivity index (χ3n) is 5.76. The molecule has 6 nitrogen and oxygen atoms in total. The molecule has 0 N–H and O–H groups in total. The highest BCUT2D eigenvalue weighted by Gasteiger charge is 2.26. The predicted molar refractivity (Wildman–Crippen MR) is 114 cm³/mol. The van der Waals surface area contributed by atoms with Crippen molar-refractivity contribution >= 4 is 39.2 Å². The number of aromatic nitrogens is 2. The summed E-state index contributed by atoms with van der Waals surface area (Å²) in [5, 5.41) is 1.42. The lowest BCUT2D eigenvalue weighted by Gasteiger charge is -2.33. The van der Waals surface area contributed by atoms with Crippen molar-refractivity contribution in [1.82, 2.24) is 14.5 Å². The van der Waals surface area contributed by atoms with Gasteiger partial charge in [0.05, 0.1) is 24.3 Å². The smallest absolute Gasteiger partial charge is 0.263 e. The fourth-order valence-electron chi connectivity index (χ4n) is 4.23. The van der Waals surface area contributed by atoms with E-state index in [-0.39, 0.29) is 11.5 Å². The van der Waals surface area contributed by atoms with E-state index in [0.717, 1.165) is 48.9 Å². The lowest BCUT2D eigenvalue weighted by Crippen LogP contribution is -2.43. The second kappa shape index (κ2) is 8.55. The molecule has 1 amide bonds. The van der Waals surface area contributed by atoms with Crippen molar-refractivity contribution in [3.63, 3.8) is 0 Å². The van der Waals surface area contributed by atoms with Gasteiger partial charge in [0.1, 0.15) is 4.83 Å². The van der Waals surface area contributed by atoms with E-state index in [1.54, 1.807) is 23.0 Å². The van der Waals surface area contributed by atoms with E-state index in [9.17, 15) is 9.59 Å². The first-order valence-electron chi connectivity index (χ1n) is 10.1. The molecule has 8 heteroatoms. The van der Waals surface area contributed by atoms with E-state index in [1.807, 2.05) is 4.90 Å². The third-order valence-corrected chi connectivity index (χ3v) is 7.90. The number of carbonyl (C=O) groups excluding carboxylic acids is 1. The maximum atomic E-state index is 13.2. The van der Waals surface area contributed by atoms with Gasteiger partial charge in [0, 0.05) is 24.6 Å². The van der Waals surface area contributed by atoms with Crippen molar-refractivity contribution in [3.8, 4) is 0 Å². The second-order valence-corrected chi connectivity index (χ2v) is 9.63. The molecule has 0 spiro atoms. The molecule has 4 rings (SSSR count). The maximum absolute atomic E-state index is 13.2. The Morgan fingerprint density at radius 1 is 1.32 bits per heavy atom. The molecule has 1 aliphatic heterocycles. The fourth-order valence-corrected chi connectivity index (χ4v) is 6.44. The van der Waals surface area contributed by atoms with Gasteiger partial charge in [-0.2, -0.15) is 0 Å². The number of piperidine rings is 1. The lowest BCUT2D eigenvalue weighted by molar-refractivity contribution is -0.131. The Bertz CT molecular complexity index is 937. The van der Waals surface area contributed by atoms with Crippen LogP contribution in [0.15, 0.2) is 9.95 Å². The van der Waals surface area contributed by atoms with Gasteiger partial charge in [-0.25, -0.2) is 4.98 Å². The number of aryl methyl sites for hydroxylation is 2. The Balaban J connectivity index is 1.62. The number of hydrogen-bond donors (Lipinski definition) is 0. The van der Waals surface area contributed by atoms with E-state index < -0.39 is 0 Å². The summed E-state index contributed by atoms with van der Waals surface area (Å²) in [5.74, 6) is 0.457. The SMILES string of the molecule is COCCn1c(SCC(=O)N2CCCCC2C)nc2sc3c(c2c1=O)CCC3. The average molecular weight is 422 g/mol. The summed E-state index contributed by atoms with van der Waals surface area (Å²) in [6.07, 6.45) is 6.46. The molecule has 0 saturated carbocycles. The number of ether oxygens (including phenoxy) is 1. The first kappa shape index (κ1) is 19.9. The number of fused-ring (bicyclic) bond motifs is 3. The molecule has 2 aromatic heterocycles. The zero-order chi connectivity index (χ0) is 19.7. The van der Waals surface area contributed by atoms with Crippen LogP contribution in [0.25, 0.3) is 10.2 Å². The van der Waals surface area contributed by atoms with Crippen molar-refractivity contribution in [2.45, 2.75) is 63.2 Å². The highest BCUT2D eigenvalue weighted by molar-refractivity contribution is 7.99. The molecule has 28 heavy (non-hydrogen) atoms. The number of amides is 1. The summed E-state index contributed by atoms with van der Waals surface area (Å²) in [5.41, 5.74) is 1.21. The summed E-state index contributed by atoms with van der Waals surface area (Å²) in [7, 11) is 1.63. The fraction of sp³-hybridized carbons (Fsp3) is 0.650. The Hall–Kier alpha value is -1.38. The quantitative estimate of drug-likeness (QED) is 0.530. The number of rotatable bonds is 6. The van der Waals surface area contributed by atoms with Crippen LogP contribution in [0.5, 0.6) is 0 Å². The first-order valence-corrected chi connectivity index (χ1v) is 11.9. The number of hydrogen-bond acceptors (Lipinski definition) is 6. The van der Waals surface area contributed by atoms with Gasteiger partial charge in [0.15, 0.2) is 5.16 Å². The first-order chi connectivity index (χ1) is 13.6.